The van der Waals surface area contributed by atoms with E-state index in [1.54, 1.807) is 48.5 Å². The zero-order chi connectivity index (χ0) is 21.0. The summed E-state index contributed by atoms with van der Waals surface area (Å²) in [6.07, 6.45) is 1.47. The van der Waals surface area contributed by atoms with Gasteiger partial charge in [-0.3, -0.25) is 19.8 Å². The molecule has 1 fully saturated rings. The van der Waals surface area contributed by atoms with Crippen molar-refractivity contribution in [2.45, 2.75) is 0 Å². The molecule has 0 aliphatic carbocycles. The number of hydrogen-bond acceptors (Lipinski definition) is 6. The van der Waals surface area contributed by atoms with Crippen molar-refractivity contribution in [1.29, 1.82) is 0 Å². The van der Waals surface area contributed by atoms with Crippen LogP contribution in [0.1, 0.15) is 5.56 Å². The van der Waals surface area contributed by atoms with E-state index in [1.807, 2.05) is 0 Å². The SMILES string of the molecule is COC(=O)COc1ccc(C=C2C(=O)NC(=S)N(c3ccc(Br)cc3)C2=O)cc1. The Balaban J connectivity index is 1.82. The highest BCUT2D eigenvalue weighted by Crippen LogP contribution is 2.24. The average molecular weight is 475 g/mol. The molecule has 29 heavy (non-hydrogen) atoms. The van der Waals surface area contributed by atoms with E-state index < -0.39 is 17.8 Å². The van der Waals surface area contributed by atoms with Crippen molar-refractivity contribution in [3.63, 3.8) is 0 Å². The van der Waals surface area contributed by atoms with E-state index in [-0.39, 0.29) is 17.3 Å². The molecule has 0 aromatic heterocycles. The highest BCUT2D eigenvalue weighted by molar-refractivity contribution is 9.10. The van der Waals surface area contributed by atoms with Crippen molar-refractivity contribution in [2.24, 2.45) is 0 Å². The Kier molecular flexibility index (Phi) is 6.40. The monoisotopic (exact) mass is 474 g/mol. The van der Waals surface area contributed by atoms with Gasteiger partial charge in [-0.25, -0.2) is 4.79 Å². The number of nitrogens with one attached hydrogen (secondary N) is 1. The molecule has 2 aromatic carbocycles. The van der Waals surface area contributed by atoms with Crippen LogP contribution < -0.4 is 15.0 Å². The van der Waals surface area contributed by atoms with E-state index in [0.717, 1.165) is 4.47 Å². The fourth-order valence-corrected chi connectivity index (χ4v) is 3.06. The minimum absolute atomic E-state index is 0.0195. The number of hydrogen-bond donors (Lipinski definition) is 1. The molecule has 7 nitrogen and oxygen atoms in total. The van der Waals surface area contributed by atoms with E-state index in [0.29, 0.717) is 17.0 Å². The fraction of sp³-hybridized carbons (Fsp3) is 0.100. The summed E-state index contributed by atoms with van der Waals surface area (Å²) in [6.45, 7) is -0.211. The van der Waals surface area contributed by atoms with Gasteiger partial charge in [0.1, 0.15) is 11.3 Å². The lowest BCUT2D eigenvalue weighted by atomic mass is 10.1. The van der Waals surface area contributed by atoms with Crippen LogP contribution in [0.25, 0.3) is 6.08 Å². The third-order valence-electron chi connectivity index (χ3n) is 3.96. The highest BCUT2D eigenvalue weighted by atomic mass is 79.9. The second kappa shape index (κ2) is 8.97. The number of anilines is 1. The number of carbonyl (C=O) groups excluding carboxylic acids is 3. The van der Waals surface area contributed by atoms with Crippen LogP contribution in [-0.2, 0) is 19.1 Å². The van der Waals surface area contributed by atoms with E-state index in [9.17, 15) is 14.4 Å². The number of carbonyl (C=O) groups is 3. The first kappa shape index (κ1) is 20.7. The zero-order valence-electron chi connectivity index (χ0n) is 15.2. The highest BCUT2D eigenvalue weighted by Gasteiger charge is 2.34. The van der Waals surface area contributed by atoms with E-state index in [2.05, 4.69) is 26.0 Å². The van der Waals surface area contributed by atoms with Gasteiger partial charge in [0, 0.05) is 4.47 Å². The first-order chi connectivity index (χ1) is 13.9. The molecule has 2 aromatic rings. The van der Waals surface area contributed by atoms with Crippen LogP contribution in [0.15, 0.2) is 58.6 Å². The van der Waals surface area contributed by atoms with Gasteiger partial charge in [-0.2, -0.15) is 0 Å². The van der Waals surface area contributed by atoms with Crippen molar-refractivity contribution in [1.82, 2.24) is 5.32 Å². The zero-order valence-corrected chi connectivity index (χ0v) is 17.6. The van der Waals surface area contributed by atoms with Gasteiger partial charge in [-0.05, 0) is 60.3 Å². The number of rotatable bonds is 5. The maximum atomic E-state index is 12.9. The lowest BCUT2D eigenvalue weighted by Gasteiger charge is -2.29. The molecule has 0 spiro atoms. The molecule has 1 aliphatic heterocycles. The topological polar surface area (TPSA) is 84.9 Å². The Labute approximate surface area is 180 Å². The fourth-order valence-electron chi connectivity index (χ4n) is 2.51. The number of nitrogens with zero attached hydrogens (tertiary/aromatic N) is 1. The minimum atomic E-state index is -0.570. The molecule has 0 atom stereocenters. The van der Waals surface area contributed by atoms with Gasteiger partial charge in [0.05, 0.1) is 12.8 Å². The van der Waals surface area contributed by atoms with Gasteiger partial charge in [-0.1, -0.05) is 28.1 Å². The molecular weight excluding hydrogens is 460 g/mol. The van der Waals surface area contributed by atoms with Crippen LogP contribution in [-0.4, -0.2) is 36.6 Å². The molecule has 0 unspecified atom stereocenters. The molecule has 1 aliphatic rings. The molecule has 1 heterocycles. The predicted octanol–water partition coefficient (Wildman–Crippen LogP) is 2.83. The predicted molar refractivity (Wildman–Crippen MR) is 114 cm³/mol. The Hall–Kier alpha value is -3.04. The number of amides is 2. The van der Waals surface area contributed by atoms with E-state index in [1.165, 1.54) is 18.1 Å². The summed E-state index contributed by atoms with van der Waals surface area (Å²) >= 11 is 8.51. The first-order valence-electron chi connectivity index (χ1n) is 8.36. The van der Waals surface area contributed by atoms with E-state index in [4.69, 9.17) is 17.0 Å². The number of halogens is 1. The van der Waals surface area contributed by atoms with Crippen molar-refractivity contribution in [2.75, 3.05) is 18.6 Å². The Bertz CT molecular complexity index is 1000. The maximum absolute atomic E-state index is 12.9. The summed E-state index contributed by atoms with van der Waals surface area (Å²) in [4.78, 5) is 37.7. The van der Waals surface area contributed by atoms with Gasteiger partial charge in [-0.15, -0.1) is 0 Å². The smallest absolute Gasteiger partial charge is 0.343 e. The van der Waals surface area contributed by atoms with Crippen LogP contribution in [0.4, 0.5) is 5.69 Å². The molecule has 0 bridgehead atoms. The number of esters is 1. The Morgan fingerprint density at radius 2 is 1.79 bits per heavy atom. The van der Waals surface area contributed by atoms with Crippen molar-refractivity contribution in [3.05, 3.63) is 64.1 Å². The second-order valence-corrected chi connectivity index (χ2v) is 7.17. The third-order valence-corrected chi connectivity index (χ3v) is 4.78. The third kappa shape index (κ3) is 4.87. The van der Waals surface area contributed by atoms with Crippen LogP contribution in [0, 0.1) is 0 Å². The summed E-state index contributed by atoms with van der Waals surface area (Å²) in [5.41, 5.74) is 1.10. The Morgan fingerprint density at radius 1 is 1.14 bits per heavy atom. The minimum Gasteiger partial charge on any atom is -0.482 e. The molecule has 0 saturated carbocycles. The van der Waals surface area contributed by atoms with Gasteiger partial charge in [0.2, 0.25) is 0 Å². The number of ether oxygens (including phenoxy) is 2. The van der Waals surface area contributed by atoms with Gasteiger partial charge >= 0.3 is 5.97 Å². The maximum Gasteiger partial charge on any atom is 0.343 e. The average Bonchev–Trinajstić information content (AvgIpc) is 2.71. The van der Waals surface area contributed by atoms with Crippen LogP contribution in [0.3, 0.4) is 0 Å². The van der Waals surface area contributed by atoms with Gasteiger partial charge in [0.15, 0.2) is 11.7 Å². The largest absolute Gasteiger partial charge is 0.482 e. The molecule has 1 saturated heterocycles. The normalized spacial score (nSPS) is 15.3. The van der Waals surface area contributed by atoms with Crippen molar-refractivity contribution >= 4 is 62.8 Å². The molecule has 2 amide bonds. The molecule has 148 valence electrons. The lowest BCUT2D eigenvalue weighted by Crippen LogP contribution is -2.54. The summed E-state index contributed by atoms with van der Waals surface area (Å²) in [6, 6.07) is 13.6. The van der Waals surface area contributed by atoms with Crippen LogP contribution in [0.2, 0.25) is 0 Å². The molecule has 1 N–H and O–H groups in total. The van der Waals surface area contributed by atoms with E-state index >= 15 is 0 Å². The number of benzene rings is 2. The molecule has 3 rings (SSSR count). The number of thiocarbonyl (C=S) groups is 1. The summed E-state index contributed by atoms with van der Waals surface area (Å²) in [7, 11) is 1.27. The molecule has 9 heteroatoms. The molecule has 0 radical (unpaired) electrons. The van der Waals surface area contributed by atoms with Gasteiger partial charge in [0.25, 0.3) is 11.8 Å². The quantitative estimate of drug-likeness (QED) is 0.310. The van der Waals surface area contributed by atoms with Crippen molar-refractivity contribution < 1.29 is 23.9 Å². The second-order valence-electron chi connectivity index (χ2n) is 5.87. The molecular formula is C20H15BrN2O5S. The van der Waals surface area contributed by atoms with Crippen LogP contribution in [0.5, 0.6) is 5.75 Å². The Morgan fingerprint density at radius 3 is 2.41 bits per heavy atom. The number of methoxy groups -OCH3 is 1. The summed E-state index contributed by atoms with van der Waals surface area (Å²) < 4.78 is 10.6. The summed E-state index contributed by atoms with van der Waals surface area (Å²) in [5.74, 6) is -1.13. The van der Waals surface area contributed by atoms with Crippen LogP contribution >= 0.6 is 28.1 Å². The standard InChI is InChI=1S/C20H15BrN2O5S/c1-27-17(24)11-28-15-8-2-12(3-9-15)10-16-18(25)22-20(29)23(19(16)26)14-6-4-13(21)5-7-14/h2-10H,11H2,1H3,(H,22,25,29). The first-order valence-corrected chi connectivity index (χ1v) is 9.56. The summed E-state index contributed by atoms with van der Waals surface area (Å²) in [5, 5.41) is 2.55. The lowest BCUT2D eigenvalue weighted by molar-refractivity contribution is -0.143. The van der Waals surface area contributed by atoms with Crippen molar-refractivity contribution in [3.8, 4) is 5.75 Å². The van der Waals surface area contributed by atoms with Gasteiger partial charge < -0.3 is 9.47 Å².